The van der Waals surface area contributed by atoms with Crippen molar-refractivity contribution in [2.75, 3.05) is 13.2 Å². The molecule has 0 aliphatic rings. The molecule has 122 valence electrons. The normalized spacial score (nSPS) is 12.2. The van der Waals surface area contributed by atoms with Crippen LogP contribution in [-0.4, -0.2) is 41.6 Å². The SMILES string of the molecule is CC(C)OCC(=O)OCC(C)SCc1cccc(C(=O)O)c1. The molecule has 0 aliphatic carbocycles. The zero-order valence-electron chi connectivity index (χ0n) is 13.1. The van der Waals surface area contributed by atoms with Crippen molar-refractivity contribution in [3.05, 3.63) is 35.4 Å². The maximum atomic E-state index is 11.4. The van der Waals surface area contributed by atoms with E-state index in [4.69, 9.17) is 14.6 Å². The van der Waals surface area contributed by atoms with Gasteiger partial charge in [-0.1, -0.05) is 12.1 Å². The van der Waals surface area contributed by atoms with Gasteiger partial charge in [0.2, 0.25) is 0 Å². The highest BCUT2D eigenvalue weighted by atomic mass is 32.2. The van der Waals surface area contributed by atoms with E-state index in [1.165, 1.54) is 0 Å². The minimum Gasteiger partial charge on any atom is -0.478 e. The maximum absolute atomic E-state index is 11.4. The Balaban J connectivity index is 2.31. The Kier molecular flexibility index (Phi) is 7.98. The number of benzene rings is 1. The number of hydrogen-bond acceptors (Lipinski definition) is 5. The molecule has 0 fully saturated rings. The van der Waals surface area contributed by atoms with Crippen LogP contribution in [0.1, 0.15) is 36.7 Å². The first-order valence-corrected chi connectivity index (χ1v) is 8.14. The summed E-state index contributed by atoms with van der Waals surface area (Å²) in [7, 11) is 0. The second-order valence-electron chi connectivity index (χ2n) is 5.17. The number of carboxylic acids is 1. The maximum Gasteiger partial charge on any atom is 0.335 e. The van der Waals surface area contributed by atoms with Crippen molar-refractivity contribution < 1.29 is 24.2 Å². The van der Waals surface area contributed by atoms with E-state index >= 15 is 0 Å². The quantitative estimate of drug-likeness (QED) is 0.703. The fourth-order valence-electron chi connectivity index (χ4n) is 1.57. The molecule has 0 amide bonds. The number of rotatable bonds is 9. The Morgan fingerprint density at radius 3 is 2.64 bits per heavy atom. The van der Waals surface area contributed by atoms with Crippen LogP contribution >= 0.6 is 11.8 Å². The predicted octanol–water partition coefficient (Wildman–Crippen LogP) is 2.97. The Labute approximate surface area is 135 Å². The Morgan fingerprint density at radius 2 is 2.00 bits per heavy atom. The van der Waals surface area contributed by atoms with Gasteiger partial charge in [0.25, 0.3) is 0 Å². The molecule has 1 N–H and O–H groups in total. The third-order valence-electron chi connectivity index (χ3n) is 2.72. The van der Waals surface area contributed by atoms with Crippen LogP contribution in [-0.2, 0) is 20.0 Å². The first kappa shape index (κ1) is 18.5. The Bertz CT molecular complexity index is 501. The summed E-state index contributed by atoms with van der Waals surface area (Å²) in [5, 5.41) is 9.07. The van der Waals surface area contributed by atoms with Crippen LogP contribution in [0, 0.1) is 0 Å². The van der Waals surface area contributed by atoms with Crippen molar-refractivity contribution in [2.24, 2.45) is 0 Å². The average molecular weight is 326 g/mol. The predicted molar refractivity (Wildman–Crippen MR) is 86.2 cm³/mol. The number of carbonyl (C=O) groups excluding carboxylic acids is 1. The summed E-state index contributed by atoms with van der Waals surface area (Å²) in [6.07, 6.45) is 0.000796. The fraction of sp³-hybridized carbons (Fsp3) is 0.500. The Morgan fingerprint density at radius 1 is 1.27 bits per heavy atom. The zero-order valence-corrected chi connectivity index (χ0v) is 13.9. The number of thioether (sulfide) groups is 1. The van der Waals surface area contributed by atoms with Gasteiger partial charge >= 0.3 is 11.9 Å². The Hall–Kier alpha value is -1.53. The molecule has 1 atom stereocenters. The highest BCUT2D eigenvalue weighted by molar-refractivity contribution is 7.99. The first-order chi connectivity index (χ1) is 10.4. The van der Waals surface area contributed by atoms with Gasteiger partial charge in [-0.15, -0.1) is 0 Å². The standard InChI is InChI=1S/C16H22O5S/c1-11(2)20-9-15(17)21-8-12(3)22-10-13-5-4-6-14(7-13)16(18)19/h4-7,11-12H,8-10H2,1-3H3,(H,18,19). The van der Waals surface area contributed by atoms with Crippen molar-refractivity contribution in [2.45, 2.75) is 37.9 Å². The van der Waals surface area contributed by atoms with E-state index in [1.54, 1.807) is 30.0 Å². The van der Waals surface area contributed by atoms with E-state index in [2.05, 4.69) is 0 Å². The van der Waals surface area contributed by atoms with Crippen LogP contribution in [0.15, 0.2) is 24.3 Å². The van der Waals surface area contributed by atoms with Gasteiger partial charge in [0.05, 0.1) is 11.7 Å². The molecule has 1 unspecified atom stereocenters. The van der Waals surface area contributed by atoms with Crippen LogP contribution < -0.4 is 0 Å². The van der Waals surface area contributed by atoms with E-state index < -0.39 is 5.97 Å². The van der Waals surface area contributed by atoms with Gasteiger partial charge in [-0.3, -0.25) is 0 Å². The van der Waals surface area contributed by atoms with Crippen molar-refractivity contribution in [1.29, 1.82) is 0 Å². The van der Waals surface area contributed by atoms with E-state index in [0.29, 0.717) is 12.4 Å². The third kappa shape index (κ3) is 7.47. The molecule has 6 heteroatoms. The molecule has 22 heavy (non-hydrogen) atoms. The van der Waals surface area contributed by atoms with Gasteiger partial charge in [0.15, 0.2) is 0 Å². The molecule has 0 spiro atoms. The van der Waals surface area contributed by atoms with Crippen LogP contribution in [0.2, 0.25) is 0 Å². The topological polar surface area (TPSA) is 72.8 Å². The van der Waals surface area contributed by atoms with Crippen molar-refractivity contribution in [3.63, 3.8) is 0 Å². The van der Waals surface area contributed by atoms with E-state index in [9.17, 15) is 9.59 Å². The summed E-state index contributed by atoms with van der Waals surface area (Å²) in [6.45, 7) is 5.95. The average Bonchev–Trinajstić information content (AvgIpc) is 2.49. The van der Waals surface area contributed by atoms with Gasteiger partial charge in [-0.2, -0.15) is 11.8 Å². The van der Waals surface area contributed by atoms with Crippen molar-refractivity contribution in [3.8, 4) is 0 Å². The molecule has 1 aromatic rings. The monoisotopic (exact) mass is 326 g/mol. The summed E-state index contributed by atoms with van der Waals surface area (Å²) >= 11 is 1.61. The molecule has 0 saturated heterocycles. The first-order valence-electron chi connectivity index (χ1n) is 7.09. The molecule has 0 aromatic heterocycles. The van der Waals surface area contributed by atoms with Crippen LogP contribution in [0.3, 0.4) is 0 Å². The fourth-order valence-corrected chi connectivity index (χ4v) is 2.39. The number of esters is 1. The minimum absolute atomic E-state index is 0.000796. The number of hydrogen-bond donors (Lipinski definition) is 1. The van der Waals surface area contributed by atoms with Gasteiger partial charge in [0.1, 0.15) is 13.2 Å². The molecule has 0 saturated carbocycles. The number of aromatic carboxylic acids is 1. The summed E-state index contributed by atoms with van der Waals surface area (Å²) in [6, 6.07) is 6.84. The number of ether oxygens (including phenoxy) is 2. The number of carboxylic acid groups (broad SMARTS) is 1. The van der Waals surface area contributed by atoms with Gasteiger partial charge in [-0.25, -0.2) is 9.59 Å². The van der Waals surface area contributed by atoms with Gasteiger partial charge in [-0.05, 0) is 38.5 Å². The van der Waals surface area contributed by atoms with Crippen LogP contribution in [0.5, 0.6) is 0 Å². The summed E-state index contributed by atoms with van der Waals surface area (Å²) in [4.78, 5) is 22.3. The summed E-state index contributed by atoms with van der Waals surface area (Å²) < 4.78 is 10.3. The highest BCUT2D eigenvalue weighted by Gasteiger charge is 2.10. The molecular weight excluding hydrogens is 304 g/mol. The van der Waals surface area contributed by atoms with E-state index in [1.807, 2.05) is 26.8 Å². The molecule has 0 bridgehead atoms. The summed E-state index contributed by atoms with van der Waals surface area (Å²) in [5.74, 6) is -0.629. The lowest BCUT2D eigenvalue weighted by molar-refractivity contribution is -0.150. The lowest BCUT2D eigenvalue weighted by atomic mass is 10.1. The second-order valence-corrected chi connectivity index (χ2v) is 6.60. The van der Waals surface area contributed by atoms with E-state index in [-0.39, 0.29) is 29.5 Å². The molecule has 0 radical (unpaired) electrons. The second kappa shape index (κ2) is 9.48. The molecular formula is C16H22O5S. The lowest BCUT2D eigenvalue weighted by Gasteiger charge is -2.13. The molecule has 0 heterocycles. The largest absolute Gasteiger partial charge is 0.478 e. The third-order valence-corrected chi connectivity index (χ3v) is 3.93. The molecule has 1 aromatic carbocycles. The van der Waals surface area contributed by atoms with Gasteiger partial charge < -0.3 is 14.6 Å². The highest BCUT2D eigenvalue weighted by Crippen LogP contribution is 2.19. The zero-order chi connectivity index (χ0) is 16.5. The van der Waals surface area contributed by atoms with Crippen molar-refractivity contribution in [1.82, 2.24) is 0 Å². The molecule has 0 aliphatic heterocycles. The van der Waals surface area contributed by atoms with Gasteiger partial charge in [0, 0.05) is 11.0 Å². The molecule has 5 nitrogen and oxygen atoms in total. The van der Waals surface area contributed by atoms with Crippen LogP contribution in [0.4, 0.5) is 0 Å². The smallest absolute Gasteiger partial charge is 0.335 e. The van der Waals surface area contributed by atoms with Crippen molar-refractivity contribution >= 4 is 23.7 Å². The summed E-state index contributed by atoms with van der Waals surface area (Å²) in [5.41, 5.74) is 1.22. The van der Waals surface area contributed by atoms with Crippen LogP contribution in [0.25, 0.3) is 0 Å². The minimum atomic E-state index is -0.931. The number of carbonyl (C=O) groups is 2. The van der Waals surface area contributed by atoms with E-state index in [0.717, 1.165) is 5.56 Å². The lowest BCUT2D eigenvalue weighted by Crippen LogP contribution is -2.19. The molecule has 1 rings (SSSR count).